The molecule has 0 spiro atoms. The van der Waals surface area contributed by atoms with Crippen molar-refractivity contribution in [1.29, 1.82) is 0 Å². The lowest BCUT2D eigenvalue weighted by Gasteiger charge is -2.35. The van der Waals surface area contributed by atoms with Crippen molar-refractivity contribution >= 4 is 0 Å². The van der Waals surface area contributed by atoms with Gasteiger partial charge in [-0.2, -0.15) is 0 Å². The zero-order valence-corrected chi connectivity index (χ0v) is 9.87. The van der Waals surface area contributed by atoms with Gasteiger partial charge < -0.3 is 10.0 Å². The Morgan fingerprint density at radius 1 is 1.43 bits per heavy atom. The standard InChI is InChI=1S/C12H25NO/c1-10-5-4-6-12(7-10)13(3)8-11(2)9-14/h10-12,14H,4-9H2,1-3H3. The predicted octanol–water partition coefficient (Wildman–Crippen LogP) is 2.13. The van der Waals surface area contributed by atoms with Gasteiger partial charge in [0.05, 0.1) is 0 Å². The maximum Gasteiger partial charge on any atom is 0.0468 e. The van der Waals surface area contributed by atoms with E-state index in [1.165, 1.54) is 25.7 Å². The molecule has 1 aliphatic rings. The molecule has 0 aliphatic heterocycles. The summed E-state index contributed by atoms with van der Waals surface area (Å²) in [6.07, 6.45) is 5.47. The molecule has 3 unspecified atom stereocenters. The van der Waals surface area contributed by atoms with Crippen LogP contribution in [0, 0.1) is 11.8 Å². The first kappa shape index (κ1) is 12.0. The fourth-order valence-electron chi connectivity index (χ4n) is 2.50. The molecule has 0 aromatic carbocycles. The zero-order valence-electron chi connectivity index (χ0n) is 9.87. The second kappa shape index (κ2) is 5.72. The zero-order chi connectivity index (χ0) is 10.6. The predicted molar refractivity (Wildman–Crippen MR) is 60.3 cm³/mol. The summed E-state index contributed by atoms with van der Waals surface area (Å²) in [4.78, 5) is 2.44. The summed E-state index contributed by atoms with van der Waals surface area (Å²) in [7, 11) is 2.20. The van der Waals surface area contributed by atoms with Crippen molar-refractivity contribution in [1.82, 2.24) is 4.90 Å². The summed E-state index contributed by atoms with van der Waals surface area (Å²) in [5, 5.41) is 9.01. The highest BCUT2D eigenvalue weighted by Crippen LogP contribution is 2.26. The quantitative estimate of drug-likeness (QED) is 0.749. The summed E-state index contributed by atoms with van der Waals surface area (Å²) >= 11 is 0. The van der Waals surface area contributed by atoms with Crippen molar-refractivity contribution in [3.63, 3.8) is 0 Å². The summed E-state index contributed by atoms with van der Waals surface area (Å²) in [6, 6.07) is 0.757. The van der Waals surface area contributed by atoms with Crippen LogP contribution in [-0.2, 0) is 0 Å². The van der Waals surface area contributed by atoms with Gasteiger partial charge in [-0.1, -0.05) is 26.7 Å². The lowest BCUT2D eigenvalue weighted by Crippen LogP contribution is -2.38. The molecule has 84 valence electrons. The number of nitrogens with zero attached hydrogens (tertiary/aromatic N) is 1. The Labute approximate surface area is 88.3 Å². The number of hydrogen-bond acceptors (Lipinski definition) is 2. The van der Waals surface area contributed by atoms with Crippen LogP contribution in [0.3, 0.4) is 0 Å². The molecule has 1 aliphatic carbocycles. The van der Waals surface area contributed by atoms with E-state index in [1.54, 1.807) is 0 Å². The fraction of sp³-hybridized carbons (Fsp3) is 1.00. The van der Waals surface area contributed by atoms with Crippen LogP contribution >= 0.6 is 0 Å². The van der Waals surface area contributed by atoms with Crippen molar-refractivity contribution in [3.05, 3.63) is 0 Å². The minimum atomic E-state index is 0.312. The Morgan fingerprint density at radius 2 is 2.14 bits per heavy atom. The molecule has 0 aromatic rings. The molecular formula is C12H25NO. The molecule has 2 nitrogen and oxygen atoms in total. The molecule has 0 radical (unpaired) electrons. The van der Waals surface area contributed by atoms with Gasteiger partial charge in [-0.3, -0.25) is 0 Å². The van der Waals surface area contributed by atoms with E-state index in [4.69, 9.17) is 5.11 Å². The van der Waals surface area contributed by atoms with Gasteiger partial charge in [0, 0.05) is 19.2 Å². The largest absolute Gasteiger partial charge is 0.396 e. The second-order valence-electron chi connectivity index (χ2n) is 5.15. The lowest BCUT2D eigenvalue weighted by atomic mass is 9.86. The summed E-state index contributed by atoms with van der Waals surface area (Å²) in [6.45, 7) is 5.82. The molecule has 0 heterocycles. The van der Waals surface area contributed by atoms with Gasteiger partial charge in [0.1, 0.15) is 0 Å². The molecule has 1 N–H and O–H groups in total. The first-order chi connectivity index (χ1) is 6.63. The molecule has 14 heavy (non-hydrogen) atoms. The molecule has 3 atom stereocenters. The molecule has 0 saturated heterocycles. The highest BCUT2D eigenvalue weighted by molar-refractivity contribution is 4.77. The highest BCUT2D eigenvalue weighted by Gasteiger charge is 2.22. The van der Waals surface area contributed by atoms with Gasteiger partial charge in [-0.05, 0) is 31.7 Å². The molecule has 1 fully saturated rings. The molecular weight excluding hydrogens is 174 g/mol. The Balaban J connectivity index is 2.31. The van der Waals surface area contributed by atoms with E-state index in [0.717, 1.165) is 18.5 Å². The minimum absolute atomic E-state index is 0.312. The SMILES string of the molecule is CC1CCCC(N(C)CC(C)CO)C1. The molecule has 1 saturated carbocycles. The van der Waals surface area contributed by atoms with Crippen LogP contribution in [0.1, 0.15) is 39.5 Å². The molecule has 0 aromatic heterocycles. The van der Waals surface area contributed by atoms with E-state index in [2.05, 4.69) is 25.8 Å². The van der Waals surface area contributed by atoms with E-state index in [-0.39, 0.29) is 0 Å². The Kier molecular flexibility index (Phi) is 4.90. The maximum absolute atomic E-state index is 9.01. The first-order valence-corrected chi connectivity index (χ1v) is 5.94. The van der Waals surface area contributed by atoms with Crippen molar-refractivity contribution in [3.8, 4) is 0 Å². The Bertz CT molecular complexity index is 160. The van der Waals surface area contributed by atoms with Gasteiger partial charge in [0.2, 0.25) is 0 Å². The summed E-state index contributed by atoms with van der Waals surface area (Å²) in [5.41, 5.74) is 0. The van der Waals surface area contributed by atoms with Crippen LogP contribution in [0.15, 0.2) is 0 Å². The number of aliphatic hydroxyl groups is 1. The first-order valence-electron chi connectivity index (χ1n) is 5.94. The maximum atomic E-state index is 9.01. The normalized spacial score (nSPS) is 30.6. The number of hydrogen-bond donors (Lipinski definition) is 1. The summed E-state index contributed by atoms with van der Waals surface area (Å²) < 4.78 is 0. The van der Waals surface area contributed by atoms with Crippen molar-refractivity contribution in [2.75, 3.05) is 20.2 Å². The van der Waals surface area contributed by atoms with E-state index >= 15 is 0 Å². The third kappa shape index (κ3) is 3.58. The Hall–Kier alpha value is -0.0800. The molecule has 0 bridgehead atoms. The molecule has 2 heteroatoms. The fourth-order valence-corrected chi connectivity index (χ4v) is 2.50. The Morgan fingerprint density at radius 3 is 2.71 bits per heavy atom. The van der Waals surface area contributed by atoms with Gasteiger partial charge in [0.15, 0.2) is 0 Å². The monoisotopic (exact) mass is 199 g/mol. The van der Waals surface area contributed by atoms with Crippen molar-refractivity contribution < 1.29 is 5.11 Å². The molecule has 1 rings (SSSR count). The van der Waals surface area contributed by atoms with Crippen molar-refractivity contribution in [2.45, 2.75) is 45.6 Å². The van der Waals surface area contributed by atoms with Crippen LogP contribution in [0.2, 0.25) is 0 Å². The van der Waals surface area contributed by atoms with Gasteiger partial charge in [-0.25, -0.2) is 0 Å². The third-order valence-corrected chi connectivity index (χ3v) is 3.44. The average molecular weight is 199 g/mol. The highest BCUT2D eigenvalue weighted by atomic mass is 16.3. The van der Waals surface area contributed by atoms with E-state index < -0.39 is 0 Å². The second-order valence-corrected chi connectivity index (χ2v) is 5.15. The molecule has 0 amide bonds. The summed E-state index contributed by atoms with van der Waals surface area (Å²) in [5.74, 6) is 1.30. The van der Waals surface area contributed by atoms with Gasteiger partial charge >= 0.3 is 0 Å². The minimum Gasteiger partial charge on any atom is -0.396 e. The van der Waals surface area contributed by atoms with E-state index in [0.29, 0.717) is 12.5 Å². The number of rotatable bonds is 4. The van der Waals surface area contributed by atoms with Gasteiger partial charge in [0.25, 0.3) is 0 Å². The van der Waals surface area contributed by atoms with E-state index in [9.17, 15) is 0 Å². The van der Waals surface area contributed by atoms with Crippen LogP contribution in [-0.4, -0.2) is 36.2 Å². The van der Waals surface area contributed by atoms with Crippen molar-refractivity contribution in [2.24, 2.45) is 11.8 Å². The van der Waals surface area contributed by atoms with Crippen LogP contribution in [0.4, 0.5) is 0 Å². The van der Waals surface area contributed by atoms with Crippen LogP contribution < -0.4 is 0 Å². The average Bonchev–Trinajstić information content (AvgIpc) is 2.17. The van der Waals surface area contributed by atoms with Crippen LogP contribution in [0.25, 0.3) is 0 Å². The topological polar surface area (TPSA) is 23.5 Å². The van der Waals surface area contributed by atoms with Crippen LogP contribution in [0.5, 0.6) is 0 Å². The van der Waals surface area contributed by atoms with Gasteiger partial charge in [-0.15, -0.1) is 0 Å². The van der Waals surface area contributed by atoms with E-state index in [1.807, 2.05) is 0 Å². The lowest BCUT2D eigenvalue weighted by molar-refractivity contribution is 0.124. The smallest absolute Gasteiger partial charge is 0.0468 e. The third-order valence-electron chi connectivity index (χ3n) is 3.44. The number of aliphatic hydroxyl groups excluding tert-OH is 1.